The molecule has 3 rings (SSSR count). The number of para-hydroxylation sites is 2. The van der Waals surface area contributed by atoms with E-state index in [4.69, 9.17) is 9.72 Å². The summed E-state index contributed by atoms with van der Waals surface area (Å²) in [6.45, 7) is 5.97. The highest BCUT2D eigenvalue weighted by Gasteiger charge is 2.16. The zero-order valence-electron chi connectivity index (χ0n) is 17.7. The molecule has 0 spiro atoms. The van der Waals surface area contributed by atoms with Crippen molar-refractivity contribution in [1.82, 2.24) is 19.8 Å². The Hall–Kier alpha value is -3.35. The predicted molar refractivity (Wildman–Crippen MR) is 117 cm³/mol. The van der Waals surface area contributed by atoms with E-state index in [1.807, 2.05) is 47.6 Å². The molecule has 0 radical (unpaired) electrons. The molecule has 0 bridgehead atoms. The number of nitrogens with one attached hydrogen (secondary N) is 1. The Morgan fingerprint density at radius 1 is 1.07 bits per heavy atom. The SMILES string of the molecule is CCN(CC)C(=O)Cn1c(CCNC(=O)c2ccc(OC)cc2)nc2ccccc21. The van der Waals surface area contributed by atoms with Gasteiger partial charge in [-0.15, -0.1) is 0 Å². The number of carbonyl (C=O) groups excluding carboxylic acids is 2. The molecule has 3 aromatic rings. The Labute approximate surface area is 176 Å². The molecule has 0 unspecified atom stereocenters. The monoisotopic (exact) mass is 408 g/mol. The fourth-order valence-corrected chi connectivity index (χ4v) is 3.44. The Morgan fingerprint density at radius 2 is 1.77 bits per heavy atom. The molecule has 1 N–H and O–H groups in total. The van der Waals surface area contributed by atoms with Gasteiger partial charge in [-0.3, -0.25) is 9.59 Å². The molecular formula is C23H28N4O3. The van der Waals surface area contributed by atoms with Gasteiger partial charge in [-0.2, -0.15) is 0 Å². The Balaban J connectivity index is 1.71. The zero-order chi connectivity index (χ0) is 21.5. The average Bonchev–Trinajstić information content (AvgIpc) is 3.12. The fraction of sp³-hybridized carbons (Fsp3) is 0.348. The second-order valence-corrected chi connectivity index (χ2v) is 6.90. The zero-order valence-corrected chi connectivity index (χ0v) is 17.7. The molecule has 0 saturated heterocycles. The van der Waals surface area contributed by atoms with E-state index < -0.39 is 0 Å². The number of aromatic nitrogens is 2. The van der Waals surface area contributed by atoms with Crippen molar-refractivity contribution < 1.29 is 14.3 Å². The van der Waals surface area contributed by atoms with Gasteiger partial charge in [-0.05, 0) is 50.2 Å². The first-order valence-corrected chi connectivity index (χ1v) is 10.2. The van der Waals surface area contributed by atoms with Gasteiger partial charge in [-0.25, -0.2) is 4.98 Å². The van der Waals surface area contributed by atoms with Crippen molar-refractivity contribution in [3.63, 3.8) is 0 Å². The molecule has 0 atom stereocenters. The topological polar surface area (TPSA) is 76.5 Å². The average molecular weight is 409 g/mol. The van der Waals surface area contributed by atoms with Crippen molar-refractivity contribution in [1.29, 1.82) is 0 Å². The number of ether oxygens (including phenoxy) is 1. The number of imidazole rings is 1. The first-order valence-electron chi connectivity index (χ1n) is 10.2. The Kier molecular flexibility index (Phi) is 7.06. The van der Waals surface area contributed by atoms with Gasteiger partial charge in [0, 0.05) is 31.6 Å². The van der Waals surface area contributed by atoms with E-state index in [9.17, 15) is 9.59 Å². The summed E-state index contributed by atoms with van der Waals surface area (Å²) in [7, 11) is 1.59. The van der Waals surface area contributed by atoms with Gasteiger partial charge in [0.25, 0.3) is 5.91 Å². The number of hydrogen-bond acceptors (Lipinski definition) is 4. The van der Waals surface area contributed by atoms with E-state index in [1.54, 1.807) is 31.4 Å². The number of likely N-dealkylation sites (N-methyl/N-ethyl adjacent to an activating group) is 1. The van der Waals surface area contributed by atoms with Crippen molar-refractivity contribution in [3.8, 4) is 5.75 Å². The van der Waals surface area contributed by atoms with E-state index in [0.29, 0.717) is 37.4 Å². The van der Waals surface area contributed by atoms with Crippen LogP contribution in [0.5, 0.6) is 5.75 Å². The maximum Gasteiger partial charge on any atom is 0.251 e. The lowest BCUT2D eigenvalue weighted by Gasteiger charge is -2.20. The summed E-state index contributed by atoms with van der Waals surface area (Å²) in [5, 5.41) is 2.93. The van der Waals surface area contributed by atoms with E-state index in [2.05, 4.69) is 5.32 Å². The van der Waals surface area contributed by atoms with Crippen LogP contribution in [0.4, 0.5) is 0 Å². The second-order valence-electron chi connectivity index (χ2n) is 6.90. The summed E-state index contributed by atoms with van der Waals surface area (Å²) in [4.78, 5) is 31.6. The molecule has 0 aliphatic rings. The molecular weight excluding hydrogens is 380 g/mol. The molecule has 0 aliphatic carbocycles. The molecule has 2 amide bonds. The van der Waals surface area contributed by atoms with E-state index >= 15 is 0 Å². The molecule has 30 heavy (non-hydrogen) atoms. The third-order valence-corrected chi connectivity index (χ3v) is 5.13. The number of carbonyl (C=O) groups is 2. The van der Waals surface area contributed by atoms with Crippen LogP contribution in [0, 0.1) is 0 Å². The highest BCUT2D eigenvalue weighted by Crippen LogP contribution is 2.17. The molecule has 7 nitrogen and oxygen atoms in total. The summed E-state index contributed by atoms with van der Waals surface area (Å²) >= 11 is 0. The number of methoxy groups -OCH3 is 1. The van der Waals surface area contributed by atoms with Gasteiger partial charge in [0.2, 0.25) is 5.91 Å². The Morgan fingerprint density at radius 3 is 2.43 bits per heavy atom. The number of rotatable bonds is 9. The number of hydrogen-bond donors (Lipinski definition) is 1. The van der Waals surface area contributed by atoms with Gasteiger partial charge in [0.05, 0.1) is 18.1 Å². The third-order valence-electron chi connectivity index (χ3n) is 5.13. The van der Waals surface area contributed by atoms with E-state index in [1.165, 1.54) is 0 Å². The molecule has 158 valence electrons. The van der Waals surface area contributed by atoms with Gasteiger partial charge in [0.1, 0.15) is 18.1 Å². The van der Waals surface area contributed by atoms with Crippen molar-refractivity contribution in [2.24, 2.45) is 0 Å². The van der Waals surface area contributed by atoms with Crippen LogP contribution in [0.25, 0.3) is 11.0 Å². The van der Waals surface area contributed by atoms with Gasteiger partial charge >= 0.3 is 0 Å². The highest BCUT2D eigenvalue weighted by molar-refractivity contribution is 5.94. The lowest BCUT2D eigenvalue weighted by atomic mass is 10.2. The minimum atomic E-state index is -0.153. The van der Waals surface area contributed by atoms with Crippen LogP contribution < -0.4 is 10.1 Å². The van der Waals surface area contributed by atoms with E-state index in [0.717, 1.165) is 16.9 Å². The van der Waals surface area contributed by atoms with Crippen LogP contribution in [-0.2, 0) is 17.8 Å². The van der Waals surface area contributed by atoms with Gasteiger partial charge < -0.3 is 19.5 Å². The number of fused-ring (bicyclic) bond motifs is 1. The normalized spacial score (nSPS) is 10.8. The first kappa shape index (κ1) is 21.4. The van der Waals surface area contributed by atoms with Crippen LogP contribution in [0.15, 0.2) is 48.5 Å². The quantitative estimate of drug-likeness (QED) is 0.591. The second kappa shape index (κ2) is 9.91. The lowest BCUT2D eigenvalue weighted by molar-refractivity contribution is -0.131. The van der Waals surface area contributed by atoms with Crippen molar-refractivity contribution in [2.45, 2.75) is 26.8 Å². The largest absolute Gasteiger partial charge is 0.497 e. The van der Waals surface area contributed by atoms with Crippen molar-refractivity contribution in [2.75, 3.05) is 26.7 Å². The minimum absolute atomic E-state index is 0.0617. The summed E-state index contributed by atoms with van der Waals surface area (Å²) in [6.07, 6.45) is 0.530. The van der Waals surface area contributed by atoms with Crippen LogP contribution in [0.3, 0.4) is 0 Å². The molecule has 0 saturated carbocycles. The number of benzene rings is 2. The summed E-state index contributed by atoms with van der Waals surface area (Å²) in [6, 6.07) is 14.8. The van der Waals surface area contributed by atoms with Gasteiger partial charge in [0.15, 0.2) is 0 Å². The minimum Gasteiger partial charge on any atom is -0.497 e. The molecule has 7 heteroatoms. The number of amides is 2. The molecule has 1 heterocycles. The summed E-state index contributed by atoms with van der Waals surface area (Å²) in [5.74, 6) is 1.40. The van der Waals surface area contributed by atoms with Gasteiger partial charge in [-0.1, -0.05) is 12.1 Å². The maximum absolute atomic E-state index is 12.7. The summed E-state index contributed by atoms with van der Waals surface area (Å²) < 4.78 is 7.07. The first-order chi connectivity index (χ1) is 14.6. The van der Waals surface area contributed by atoms with Crippen molar-refractivity contribution >= 4 is 22.8 Å². The van der Waals surface area contributed by atoms with Crippen LogP contribution in [0.1, 0.15) is 30.0 Å². The third kappa shape index (κ3) is 4.79. The van der Waals surface area contributed by atoms with E-state index in [-0.39, 0.29) is 18.4 Å². The standard InChI is InChI=1S/C23H28N4O3/c1-4-26(5-2)22(28)16-27-20-9-7-6-8-19(20)25-21(27)14-15-24-23(29)17-10-12-18(30-3)13-11-17/h6-13H,4-5,14-16H2,1-3H3,(H,24,29). The van der Waals surface area contributed by atoms with Crippen LogP contribution >= 0.6 is 0 Å². The smallest absolute Gasteiger partial charge is 0.251 e. The molecule has 0 aliphatic heterocycles. The number of nitrogens with zero attached hydrogens (tertiary/aromatic N) is 3. The molecule has 1 aromatic heterocycles. The lowest BCUT2D eigenvalue weighted by Crippen LogP contribution is -2.34. The molecule has 2 aromatic carbocycles. The maximum atomic E-state index is 12.7. The van der Waals surface area contributed by atoms with Crippen molar-refractivity contribution in [3.05, 3.63) is 59.9 Å². The highest BCUT2D eigenvalue weighted by atomic mass is 16.5. The van der Waals surface area contributed by atoms with Crippen LogP contribution in [0.2, 0.25) is 0 Å². The summed E-state index contributed by atoms with van der Waals surface area (Å²) in [5.41, 5.74) is 2.34. The molecule has 0 fully saturated rings. The van der Waals surface area contributed by atoms with Crippen LogP contribution in [-0.4, -0.2) is 53.0 Å². The Bertz CT molecular complexity index is 1010. The predicted octanol–water partition coefficient (Wildman–Crippen LogP) is 2.89. The fourth-order valence-electron chi connectivity index (χ4n) is 3.44.